The summed E-state index contributed by atoms with van der Waals surface area (Å²) in [5.41, 5.74) is 2.06. The van der Waals surface area contributed by atoms with Gasteiger partial charge >= 0.3 is 0 Å². The van der Waals surface area contributed by atoms with Crippen molar-refractivity contribution in [3.8, 4) is 5.82 Å². The SMILES string of the molecule is CCCNc1cc(-n2nc(C)cc2C)ncn1. The standard InChI is InChI=1S/C12H17N5/c1-4-5-13-11-7-12(15-8-14-11)17-10(3)6-9(2)16-17/h6-8H,4-5H2,1-3H3,(H,13,14,15). The van der Waals surface area contributed by atoms with Gasteiger partial charge in [-0.3, -0.25) is 0 Å². The van der Waals surface area contributed by atoms with Gasteiger partial charge in [-0.1, -0.05) is 6.92 Å². The lowest BCUT2D eigenvalue weighted by Crippen LogP contribution is -2.06. The Morgan fingerprint density at radius 2 is 2.06 bits per heavy atom. The zero-order chi connectivity index (χ0) is 12.3. The van der Waals surface area contributed by atoms with Crippen LogP contribution in [-0.2, 0) is 0 Å². The van der Waals surface area contributed by atoms with Crippen molar-refractivity contribution in [3.63, 3.8) is 0 Å². The second-order valence-electron chi connectivity index (χ2n) is 4.03. The van der Waals surface area contributed by atoms with Crippen molar-refractivity contribution in [2.24, 2.45) is 0 Å². The second-order valence-corrected chi connectivity index (χ2v) is 4.03. The maximum absolute atomic E-state index is 4.40. The lowest BCUT2D eigenvalue weighted by Gasteiger charge is -2.06. The van der Waals surface area contributed by atoms with E-state index in [1.54, 1.807) is 6.33 Å². The Bertz CT molecular complexity index is 503. The Morgan fingerprint density at radius 1 is 1.24 bits per heavy atom. The minimum absolute atomic E-state index is 0.796. The summed E-state index contributed by atoms with van der Waals surface area (Å²) in [5, 5.41) is 7.64. The lowest BCUT2D eigenvalue weighted by atomic mass is 10.4. The molecule has 0 amide bonds. The van der Waals surface area contributed by atoms with E-state index in [9.17, 15) is 0 Å². The molecule has 0 saturated carbocycles. The fourth-order valence-corrected chi connectivity index (χ4v) is 1.67. The second kappa shape index (κ2) is 4.95. The van der Waals surface area contributed by atoms with Crippen molar-refractivity contribution in [1.82, 2.24) is 19.7 Å². The van der Waals surface area contributed by atoms with Crippen LogP contribution in [0.5, 0.6) is 0 Å². The molecule has 5 nitrogen and oxygen atoms in total. The molecule has 0 aliphatic rings. The number of aryl methyl sites for hydroxylation is 2. The third kappa shape index (κ3) is 2.61. The van der Waals surface area contributed by atoms with E-state index in [2.05, 4.69) is 27.3 Å². The summed E-state index contributed by atoms with van der Waals surface area (Å²) in [5.74, 6) is 1.63. The topological polar surface area (TPSA) is 55.6 Å². The van der Waals surface area contributed by atoms with Crippen molar-refractivity contribution in [2.75, 3.05) is 11.9 Å². The van der Waals surface area contributed by atoms with Crippen LogP contribution in [0.4, 0.5) is 5.82 Å². The van der Waals surface area contributed by atoms with Gasteiger partial charge in [0.2, 0.25) is 0 Å². The Balaban J connectivity index is 2.29. The Morgan fingerprint density at radius 3 is 2.71 bits per heavy atom. The molecule has 2 heterocycles. The fourth-order valence-electron chi connectivity index (χ4n) is 1.67. The highest BCUT2D eigenvalue weighted by Gasteiger charge is 2.05. The smallest absolute Gasteiger partial charge is 0.159 e. The van der Waals surface area contributed by atoms with Gasteiger partial charge in [0.1, 0.15) is 12.1 Å². The number of hydrogen-bond donors (Lipinski definition) is 1. The molecule has 1 N–H and O–H groups in total. The van der Waals surface area contributed by atoms with Gasteiger partial charge < -0.3 is 5.32 Å². The summed E-state index contributed by atoms with van der Waals surface area (Å²) in [7, 11) is 0. The van der Waals surface area contributed by atoms with Crippen LogP contribution >= 0.6 is 0 Å². The first-order valence-corrected chi connectivity index (χ1v) is 5.80. The quantitative estimate of drug-likeness (QED) is 0.875. The maximum Gasteiger partial charge on any atom is 0.159 e. The first kappa shape index (κ1) is 11.6. The van der Waals surface area contributed by atoms with Gasteiger partial charge in [0, 0.05) is 18.3 Å². The first-order chi connectivity index (χ1) is 8.20. The number of anilines is 1. The molecule has 2 rings (SSSR count). The number of nitrogens with zero attached hydrogens (tertiary/aromatic N) is 4. The Kier molecular flexibility index (Phi) is 3.37. The molecule has 2 aromatic heterocycles. The molecule has 0 atom stereocenters. The predicted octanol–water partition coefficient (Wildman–Crippen LogP) is 2.10. The van der Waals surface area contributed by atoms with Crippen LogP contribution in [0.3, 0.4) is 0 Å². The van der Waals surface area contributed by atoms with Gasteiger partial charge in [-0.25, -0.2) is 14.6 Å². The van der Waals surface area contributed by atoms with E-state index in [1.165, 1.54) is 0 Å². The molecule has 0 radical (unpaired) electrons. The average Bonchev–Trinajstić information content (AvgIpc) is 2.66. The molecule has 0 fully saturated rings. The van der Waals surface area contributed by atoms with Crippen molar-refractivity contribution in [1.29, 1.82) is 0 Å². The molecule has 0 aromatic carbocycles. The molecule has 90 valence electrons. The van der Waals surface area contributed by atoms with Crippen molar-refractivity contribution < 1.29 is 0 Å². The van der Waals surface area contributed by atoms with Crippen LogP contribution in [-0.4, -0.2) is 26.3 Å². The van der Waals surface area contributed by atoms with Crippen molar-refractivity contribution in [3.05, 3.63) is 29.8 Å². The summed E-state index contributed by atoms with van der Waals surface area (Å²) in [4.78, 5) is 8.42. The van der Waals surface area contributed by atoms with E-state index < -0.39 is 0 Å². The van der Waals surface area contributed by atoms with E-state index >= 15 is 0 Å². The zero-order valence-electron chi connectivity index (χ0n) is 10.4. The Labute approximate surface area is 101 Å². The van der Waals surface area contributed by atoms with E-state index in [0.29, 0.717) is 0 Å². The maximum atomic E-state index is 4.40. The van der Waals surface area contributed by atoms with E-state index in [1.807, 2.05) is 30.7 Å². The summed E-state index contributed by atoms with van der Waals surface area (Å²) in [6.45, 7) is 7.02. The van der Waals surface area contributed by atoms with Crippen LogP contribution in [0, 0.1) is 13.8 Å². The minimum Gasteiger partial charge on any atom is -0.370 e. The molecule has 0 bridgehead atoms. The summed E-state index contributed by atoms with van der Waals surface area (Å²) in [6.07, 6.45) is 2.63. The summed E-state index contributed by atoms with van der Waals surface area (Å²) in [6, 6.07) is 3.94. The minimum atomic E-state index is 0.796. The van der Waals surface area contributed by atoms with Crippen LogP contribution < -0.4 is 5.32 Å². The highest BCUT2D eigenvalue weighted by Crippen LogP contribution is 2.12. The monoisotopic (exact) mass is 231 g/mol. The third-order valence-electron chi connectivity index (χ3n) is 2.44. The molecule has 0 unspecified atom stereocenters. The number of nitrogens with one attached hydrogen (secondary N) is 1. The summed E-state index contributed by atoms with van der Waals surface area (Å²) < 4.78 is 1.83. The van der Waals surface area contributed by atoms with Gasteiger partial charge in [0.05, 0.1) is 5.69 Å². The predicted molar refractivity (Wildman–Crippen MR) is 67.4 cm³/mol. The molecule has 0 aliphatic heterocycles. The largest absolute Gasteiger partial charge is 0.370 e. The van der Waals surface area contributed by atoms with Gasteiger partial charge in [-0.05, 0) is 26.3 Å². The van der Waals surface area contributed by atoms with Gasteiger partial charge in [-0.2, -0.15) is 5.10 Å². The average molecular weight is 231 g/mol. The fraction of sp³-hybridized carbons (Fsp3) is 0.417. The molecular formula is C12H17N5. The molecule has 2 aromatic rings. The van der Waals surface area contributed by atoms with Crippen molar-refractivity contribution in [2.45, 2.75) is 27.2 Å². The van der Waals surface area contributed by atoms with Gasteiger partial charge in [0.25, 0.3) is 0 Å². The molecular weight excluding hydrogens is 214 g/mol. The van der Waals surface area contributed by atoms with Crippen molar-refractivity contribution >= 4 is 5.82 Å². The number of aromatic nitrogens is 4. The van der Waals surface area contributed by atoms with Gasteiger partial charge in [-0.15, -0.1) is 0 Å². The van der Waals surface area contributed by atoms with Crippen LogP contribution in [0.1, 0.15) is 24.7 Å². The molecule has 17 heavy (non-hydrogen) atoms. The van der Waals surface area contributed by atoms with Crippen LogP contribution in [0.2, 0.25) is 0 Å². The molecule has 0 saturated heterocycles. The molecule has 0 spiro atoms. The Hall–Kier alpha value is -1.91. The summed E-state index contributed by atoms with van der Waals surface area (Å²) >= 11 is 0. The number of rotatable bonds is 4. The third-order valence-corrected chi connectivity index (χ3v) is 2.44. The molecule has 5 heteroatoms. The van der Waals surface area contributed by atoms with Gasteiger partial charge in [0.15, 0.2) is 5.82 Å². The first-order valence-electron chi connectivity index (χ1n) is 5.80. The highest BCUT2D eigenvalue weighted by molar-refractivity contribution is 5.40. The van der Waals surface area contributed by atoms with Crippen LogP contribution in [0.15, 0.2) is 18.5 Å². The highest BCUT2D eigenvalue weighted by atomic mass is 15.3. The normalized spacial score (nSPS) is 10.5. The lowest BCUT2D eigenvalue weighted by molar-refractivity contribution is 0.800. The van der Waals surface area contributed by atoms with E-state index in [0.717, 1.165) is 36.0 Å². The zero-order valence-corrected chi connectivity index (χ0v) is 10.4. The molecule has 0 aliphatic carbocycles. The van der Waals surface area contributed by atoms with Crippen LogP contribution in [0.25, 0.3) is 5.82 Å². The number of hydrogen-bond acceptors (Lipinski definition) is 4. The van der Waals surface area contributed by atoms with E-state index in [-0.39, 0.29) is 0 Å². The van der Waals surface area contributed by atoms with E-state index in [4.69, 9.17) is 0 Å².